The third-order valence-electron chi connectivity index (χ3n) is 4.60. The molecule has 2 N–H and O–H groups in total. The van der Waals surface area contributed by atoms with Crippen LogP contribution in [0.4, 0.5) is 0 Å². The minimum atomic E-state index is -5.32. The van der Waals surface area contributed by atoms with Gasteiger partial charge >= 0.3 is 0 Å². The van der Waals surface area contributed by atoms with Gasteiger partial charge in [-0.3, -0.25) is 23.7 Å². The van der Waals surface area contributed by atoms with E-state index in [2.05, 4.69) is 4.98 Å². The average molecular weight is 575 g/mol. The number of hydrogen-bond acceptors (Lipinski definition) is 7. The Hall–Kier alpha value is -1.42. The molecular formula is C18H15BaNO8S2. The fourth-order valence-electron chi connectivity index (χ4n) is 3.47. The van der Waals surface area contributed by atoms with Crippen molar-refractivity contribution in [1.82, 2.24) is 4.98 Å². The van der Waals surface area contributed by atoms with Crippen molar-refractivity contribution < 1.29 is 38.4 Å². The summed E-state index contributed by atoms with van der Waals surface area (Å²) in [5.41, 5.74) is -0.802. The van der Waals surface area contributed by atoms with Crippen LogP contribution in [-0.2, 0) is 20.2 Å². The number of hydrogen-bond donors (Lipinski definition) is 2. The van der Waals surface area contributed by atoms with E-state index in [9.17, 15) is 35.5 Å². The Balaban J connectivity index is 0.00000171. The summed E-state index contributed by atoms with van der Waals surface area (Å²) in [5, 5.41) is -0.290. The first-order valence-corrected chi connectivity index (χ1v) is 10.9. The third kappa shape index (κ3) is 3.70. The number of ketones is 2. The van der Waals surface area contributed by atoms with E-state index in [1.807, 2.05) is 0 Å². The Kier molecular flexibility index (Phi) is 6.14. The first-order valence-electron chi connectivity index (χ1n) is 8.07. The number of fused-ring (bicyclic) bond motifs is 2. The number of aromatic nitrogens is 1. The smallest absolute Gasteiger partial charge is 0.293 e. The standard InChI is InChI=1S/C18H11NO8S2.Ba.2H2/c20-15-9-5-1-2-6-10(9)16(21)13(15)14-18(29(25,26)27)17(28(22,23)24)11-7-3-4-8-12(11)19-14;;;/h1-8,13H,(H,22,23,24)(H,25,26,27);;2*1H. The number of para-hydroxylation sites is 1. The molecule has 0 atom stereocenters. The largest absolute Gasteiger partial charge is 0.297 e. The number of carbonyl (C=O) groups excluding carboxylic acids is 2. The minimum Gasteiger partial charge on any atom is -0.293 e. The quantitative estimate of drug-likeness (QED) is 0.271. The predicted octanol–water partition coefficient (Wildman–Crippen LogP) is 2.00. The molecule has 2 radical (unpaired) electrons. The first-order chi connectivity index (χ1) is 13.5. The maximum Gasteiger partial charge on any atom is 0.297 e. The Morgan fingerprint density at radius 2 is 1.23 bits per heavy atom. The van der Waals surface area contributed by atoms with Gasteiger partial charge in [-0.25, -0.2) is 0 Å². The molecule has 0 saturated heterocycles. The van der Waals surface area contributed by atoms with E-state index in [0.717, 1.165) is 0 Å². The molecule has 0 fully saturated rings. The molecular weight excluding hydrogens is 560 g/mol. The maximum absolute atomic E-state index is 12.8. The molecule has 0 amide bonds. The van der Waals surface area contributed by atoms with E-state index in [0.29, 0.717) is 0 Å². The number of pyridine rings is 1. The van der Waals surface area contributed by atoms with Crippen molar-refractivity contribution in [2.24, 2.45) is 0 Å². The molecule has 12 heteroatoms. The Morgan fingerprint density at radius 1 is 0.767 bits per heavy atom. The number of Topliss-reactive ketones (excluding diaryl/α,β-unsaturated/α-hetero) is 2. The Bertz CT molecular complexity index is 1420. The second-order valence-electron chi connectivity index (χ2n) is 6.33. The van der Waals surface area contributed by atoms with Crippen molar-refractivity contribution >= 4 is 91.6 Å². The molecule has 3 aromatic rings. The van der Waals surface area contributed by atoms with Crippen LogP contribution in [0, 0.1) is 0 Å². The van der Waals surface area contributed by atoms with Gasteiger partial charge in [0.15, 0.2) is 11.6 Å². The molecule has 154 valence electrons. The van der Waals surface area contributed by atoms with Gasteiger partial charge in [0.2, 0.25) is 0 Å². The summed E-state index contributed by atoms with van der Waals surface area (Å²) < 4.78 is 67.8. The van der Waals surface area contributed by atoms with Crippen molar-refractivity contribution in [3.8, 4) is 0 Å². The van der Waals surface area contributed by atoms with Crippen LogP contribution in [-0.4, -0.2) is 91.4 Å². The molecule has 2 aromatic carbocycles. The summed E-state index contributed by atoms with van der Waals surface area (Å²) in [7, 11) is -10.5. The van der Waals surface area contributed by atoms with Crippen molar-refractivity contribution in [3.63, 3.8) is 0 Å². The number of rotatable bonds is 3. The van der Waals surface area contributed by atoms with E-state index in [1.165, 1.54) is 48.5 Å². The topological polar surface area (TPSA) is 156 Å². The maximum atomic E-state index is 12.8. The normalized spacial score (nSPS) is 14.6. The predicted molar refractivity (Wildman–Crippen MR) is 109 cm³/mol. The number of benzene rings is 2. The fraction of sp³-hybridized carbons (Fsp3) is 0.0556. The van der Waals surface area contributed by atoms with Gasteiger partial charge in [0.05, 0.1) is 11.2 Å². The summed E-state index contributed by atoms with van der Waals surface area (Å²) in [6.07, 6.45) is 0. The van der Waals surface area contributed by atoms with Gasteiger partial charge in [-0.15, -0.1) is 0 Å². The van der Waals surface area contributed by atoms with Gasteiger partial charge in [-0.05, 0) is 6.07 Å². The zero-order valence-corrected chi connectivity index (χ0v) is 21.1. The van der Waals surface area contributed by atoms with E-state index >= 15 is 0 Å². The number of nitrogens with zero attached hydrogens (tertiary/aromatic N) is 1. The molecule has 0 aliphatic heterocycles. The molecule has 1 aromatic heterocycles. The first kappa shape index (κ1) is 23.2. The van der Waals surface area contributed by atoms with Crippen molar-refractivity contribution in [2.45, 2.75) is 15.7 Å². The van der Waals surface area contributed by atoms with Crippen LogP contribution in [0.3, 0.4) is 0 Å². The molecule has 1 heterocycles. The third-order valence-corrected chi connectivity index (χ3v) is 6.60. The van der Waals surface area contributed by atoms with E-state index in [4.69, 9.17) is 0 Å². The van der Waals surface area contributed by atoms with Crippen LogP contribution in [0.15, 0.2) is 58.3 Å². The zero-order chi connectivity index (χ0) is 21.1. The monoisotopic (exact) mass is 575 g/mol. The second-order valence-corrected chi connectivity index (χ2v) is 9.05. The molecule has 9 nitrogen and oxygen atoms in total. The average Bonchev–Trinajstić information content (AvgIpc) is 2.89. The summed E-state index contributed by atoms with van der Waals surface area (Å²) in [4.78, 5) is 27.3. The second kappa shape index (κ2) is 7.93. The van der Waals surface area contributed by atoms with Crippen molar-refractivity contribution in [3.05, 3.63) is 65.4 Å². The van der Waals surface area contributed by atoms with Gasteiger partial charge < -0.3 is 0 Å². The van der Waals surface area contributed by atoms with Crippen LogP contribution in [0.2, 0.25) is 0 Å². The van der Waals surface area contributed by atoms with E-state index in [-0.39, 0.29) is 73.8 Å². The molecule has 1 aliphatic carbocycles. The fourth-order valence-corrected chi connectivity index (χ4v) is 5.67. The summed E-state index contributed by atoms with van der Waals surface area (Å²) >= 11 is 0. The molecule has 1 aliphatic rings. The number of carbonyl (C=O) groups is 2. The van der Waals surface area contributed by atoms with Crippen LogP contribution in [0.5, 0.6) is 0 Å². The molecule has 4 rings (SSSR count). The van der Waals surface area contributed by atoms with Gasteiger partial charge in [-0.2, -0.15) is 16.8 Å². The van der Waals surface area contributed by atoms with Crippen molar-refractivity contribution in [2.75, 3.05) is 0 Å². The van der Waals surface area contributed by atoms with Crippen molar-refractivity contribution in [1.29, 1.82) is 0 Å². The van der Waals surface area contributed by atoms with E-state index in [1.54, 1.807) is 0 Å². The summed E-state index contributed by atoms with van der Waals surface area (Å²) in [6.45, 7) is 0. The van der Waals surface area contributed by atoms with Crippen LogP contribution in [0.1, 0.15) is 35.2 Å². The van der Waals surface area contributed by atoms with Crippen LogP contribution >= 0.6 is 0 Å². The zero-order valence-electron chi connectivity index (χ0n) is 15.0. The van der Waals surface area contributed by atoms with Crippen LogP contribution < -0.4 is 0 Å². The van der Waals surface area contributed by atoms with Gasteiger partial charge in [0.1, 0.15) is 15.7 Å². The van der Waals surface area contributed by atoms with Crippen LogP contribution in [0.25, 0.3) is 10.9 Å². The SMILES string of the molecule is O=C1c2ccccc2C(=O)C1c1nc2ccccc2c(S(=O)(=O)O)c1S(=O)(=O)O.[Ba].[HH].[HH]. The Morgan fingerprint density at radius 3 is 1.73 bits per heavy atom. The molecule has 0 unspecified atom stereocenters. The van der Waals surface area contributed by atoms with Gasteiger partial charge in [0, 0.05) is 68.2 Å². The molecule has 0 spiro atoms. The minimum absolute atomic E-state index is 0. The molecule has 30 heavy (non-hydrogen) atoms. The van der Waals surface area contributed by atoms with Gasteiger partial charge in [0.25, 0.3) is 20.2 Å². The summed E-state index contributed by atoms with van der Waals surface area (Å²) in [6, 6.07) is 11.1. The molecule has 0 saturated carbocycles. The summed E-state index contributed by atoms with van der Waals surface area (Å²) in [5.74, 6) is -3.37. The Labute approximate surface area is 214 Å². The molecule has 0 bridgehead atoms. The van der Waals surface area contributed by atoms with Gasteiger partial charge in [-0.1, -0.05) is 42.5 Å². The van der Waals surface area contributed by atoms with E-state index < -0.39 is 53.2 Å².